The number of amides is 1. The number of alkyl halides is 1. The van der Waals surface area contributed by atoms with Gasteiger partial charge in [-0.1, -0.05) is 0 Å². The summed E-state index contributed by atoms with van der Waals surface area (Å²) in [4.78, 5) is 20.8. The second-order valence-electron chi connectivity index (χ2n) is 8.71. The molecule has 0 unspecified atom stereocenters. The third kappa shape index (κ3) is 3.90. The minimum absolute atomic E-state index is 0.122. The fourth-order valence-electron chi connectivity index (χ4n) is 3.85. The number of imidazole rings is 1. The summed E-state index contributed by atoms with van der Waals surface area (Å²) in [5, 5.41) is 8.78. The van der Waals surface area contributed by atoms with Gasteiger partial charge >= 0.3 is 0 Å². The Bertz CT molecular complexity index is 1190. The standard InChI is InChI=1S/C22H23F3N6O/c1-22(4-5-22)30-21(32)12-3-7-31-17(11-27-18(31)8-12)19-14(24)9-15(25)20(29-19)28-16-10-26-6-2-13(16)23/h3,7-9,11,13,16,26H,2,4-6,10H2,1H3,(H,28,29)(H,30,32)/t13-,16-/m0/s1. The van der Waals surface area contributed by atoms with Crippen molar-refractivity contribution in [3.63, 3.8) is 0 Å². The first-order valence-corrected chi connectivity index (χ1v) is 10.6. The van der Waals surface area contributed by atoms with Crippen LogP contribution in [0.25, 0.3) is 17.0 Å². The number of carbonyl (C=O) groups is 1. The van der Waals surface area contributed by atoms with E-state index in [1.165, 1.54) is 6.20 Å². The number of hydrogen-bond acceptors (Lipinski definition) is 5. The SMILES string of the molecule is CC1(NC(=O)c2ccn3c(-c4nc(N[C@H]5CNCC[C@@H]5F)c(F)cc4F)cnc3c2)CC1. The Morgan fingerprint density at radius 3 is 2.84 bits per heavy atom. The fraction of sp³-hybridized carbons (Fsp3) is 0.409. The van der Waals surface area contributed by atoms with Crippen LogP contribution in [-0.2, 0) is 0 Å². The molecule has 1 aliphatic heterocycles. The Labute approximate surface area is 182 Å². The van der Waals surface area contributed by atoms with E-state index >= 15 is 0 Å². The highest BCUT2D eigenvalue weighted by Crippen LogP contribution is 2.34. The van der Waals surface area contributed by atoms with Gasteiger partial charge in [0, 0.05) is 29.9 Å². The molecule has 5 rings (SSSR count). The lowest BCUT2D eigenvalue weighted by molar-refractivity contribution is 0.0935. The van der Waals surface area contributed by atoms with Crippen LogP contribution in [0.3, 0.4) is 0 Å². The van der Waals surface area contributed by atoms with Crippen LogP contribution in [-0.4, -0.2) is 51.1 Å². The molecular weight excluding hydrogens is 421 g/mol. The van der Waals surface area contributed by atoms with Gasteiger partial charge < -0.3 is 16.0 Å². The van der Waals surface area contributed by atoms with Gasteiger partial charge in [-0.3, -0.25) is 9.20 Å². The van der Waals surface area contributed by atoms with E-state index in [4.69, 9.17) is 0 Å². The van der Waals surface area contributed by atoms with Gasteiger partial charge in [-0.15, -0.1) is 0 Å². The number of fused-ring (bicyclic) bond motifs is 1. The van der Waals surface area contributed by atoms with Gasteiger partial charge in [0.1, 0.15) is 17.5 Å². The molecule has 3 aromatic rings. The second kappa shape index (κ2) is 7.77. The predicted molar refractivity (Wildman–Crippen MR) is 113 cm³/mol. The molecule has 1 amide bonds. The molecule has 0 aromatic carbocycles. The molecule has 168 valence electrons. The number of carbonyl (C=O) groups excluding carboxylic acids is 1. The minimum atomic E-state index is -1.16. The molecule has 32 heavy (non-hydrogen) atoms. The third-order valence-electron chi connectivity index (χ3n) is 6.08. The second-order valence-corrected chi connectivity index (χ2v) is 8.71. The molecular formula is C22H23F3N6O. The molecule has 1 saturated carbocycles. The lowest BCUT2D eigenvalue weighted by Gasteiger charge is -2.28. The number of piperidine rings is 1. The summed E-state index contributed by atoms with van der Waals surface area (Å²) >= 11 is 0. The highest BCUT2D eigenvalue weighted by molar-refractivity contribution is 5.95. The first-order valence-electron chi connectivity index (χ1n) is 10.6. The van der Waals surface area contributed by atoms with Crippen LogP contribution in [0.2, 0.25) is 0 Å². The van der Waals surface area contributed by atoms with Gasteiger partial charge in [0.2, 0.25) is 0 Å². The number of aromatic nitrogens is 3. The van der Waals surface area contributed by atoms with Gasteiger partial charge in [0.05, 0.1) is 17.9 Å². The molecule has 2 aliphatic rings. The Morgan fingerprint density at radius 1 is 1.28 bits per heavy atom. The van der Waals surface area contributed by atoms with Crippen molar-refractivity contribution in [2.75, 3.05) is 18.4 Å². The summed E-state index contributed by atoms with van der Waals surface area (Å²) < 4.78 is 44.8. The maximum Gasteiger partial charge on any atom is 0.251 e. The topological polar surface area (TPSA) is 83.4 Å². The lowest BCUT2D eigenvalue weighted by atomic mass is 10.1. The molecule has 4 heterocycles. The van der Waals surface area contributed by atoms with E-state index in [-0.39, 0.29) is 23.0 Å². The van der Waals surface area contributed by atoms with Crippen LogP contribution in [0.4, 0.5) is 19.0 Å². The van der Waals surface area contributed by atoms with E-state index in [1.54, 1.807) is 22.7 Å². The van der Waals surface area contributed by atoms with Gasteiger partial charge in [-0.2, -0.15) is 0 Å². The number of anilines is 1. The Hall–Kier alpha value is -3.14. The van der Waals surface area contributed by atoms with E-state index in [2.05, 4.69) is 25.9 Å². The van der Waals surface area contributed by atoms with Gasteiger partial charge in [0.15, 0.2) is 17.5 Å². The molecule has 10 heteroatoms. The normalized spacial score (nSPS) is 22.0. The first kappa shape index (κ1) is 20.7. The smallest absolute Gasteiger partial charge is 0.251 e. The van der Waals surface area contributed by atoms with Crippen LogP contribution < -0.4 is 16.0 Å². The Balaban J connectivity index is 1.46. The molecule has 2 fully saturated rings. The lowest BCUT2D eigenvalue weighted by Crippen LogP contribution is -2.46. The van der Waals surface area contributed by atoms with Crippen LogP contribution >= 0.6 is 0 Å². The number of nitrogens with one attached hydrogen (secondary N) is 3. The monoisotopic (exact) mass is 444 g/mol. The number of hydrogen-bond donors (Lipinski definition) is 3. The quantitative estimate of drug-likeness (QED) is 0.564. The molecule has 0 spiro atoms. The van der Waals surface area contributed by atoms with Crippen molar-refractivity contribution < 1.29 is 18.0 Å². The van der Waals surface area contributed by atoms with Crippen LogP contribution in [0, 0.1) is 11.6 Å². The van der Waals surface area contributed by atoms with Crippen LogP contribution in [0.5, 0.6) is 0 Å². The largest absolute Gasteiger partial charge is 0.361 e. The van der Waals surface area contributed by atoms with Crippen molar-refractivity contribution in [2.24, 2.45) is 0 Å². The van der Waals surface area contributed by atoms with Crippen LogP contribution in [0.15, 0.2) is 30.6 Å². The van der Waals surface area contributed by atoms with E-state index in [1.807, 2.05) is 6.92 Å². The zero-order valence-electron chi connectivity index (χ0n) is 17.5. The molecule has 0 radical (unpaired) electrons. The van der Waals surface area contributed by atoms with Gasteiger partial charge in [-0.25, -0.2) is 23.1 Å². The zero-order valence-corrected chi connectivity index (χ0v) is 17.5. The number of rotatable bonds is 5. The molecule has 0 bridgehead atoms. The fourth-order valence-corrected chi connectivity index (χ4v) is 3.85. The Morgan fingerprint density at radius 2 is 2.09 bits per heavy atom. The number of halogens is 3. The number of pyridine rings is 2. The zero-order chi connectivity index (χ0) is 22.5. The molecule has 3 aromatic heterocycles. The summed E-state index contributed by atoms with van der Waals surface area (Å²) in [7, 11) is 0. The van der Waals surface area contributed by atoms with Crippen molar-refractivity contribution in [1.82, 2.24) is 25.0 Å². The highest BCUT2D eigenvalue weighted by Gasteiger charge is 2.38. The molecule has 3 N–H and O–H groups in total. The summed E-state index contributed by atoms with van der Waals surface area (Å²) in [5.74, 6) is -2.18. The maximum absolute atomic E-state index is 14.7. The summed E-state index contributed by atoms with van der Waals surface area (Å²) in [6.45, 7) is 2.85. The van der Waals surface area contributed by atoms with E-state index < -0.39 is 23.8 Å². The average Bonchev–Trinajstić information content (AvgIpc) is 3.34. The van der Waals surface area contributed by atoms with Crippen LogP contribution in [0.1, 0.15) is 36.5 Å². The van der Waals surface area contributed by atoms with Gasteiger partial charge in [-0.05, 0) is 44.9 Å². The molecule has 7 nitrogen and oxygen atoms in total. The average molecular weight is 444 g/mol. The van der Waals surface area contributed by atoms with E-state index in [0.717, 1.165) is 18.9 Å². The molecule has 1 saturated heterocycles. The summed E-state index contributed by atoms with van der Waals surface area (Å²) in [6.07, 6.45) is 4.04. The van der Waals surface area contributed by atoms with Crippen molar-refractivity contribution >= 4 is 17.4 Å². The van der Waals surface area contributed by atoms with E-state index in [9.17, 15) is 18.0 Å². The van der Waals surface area contributed by atoms with E-state index in [0.29, 0.717) is 36.4 Å². The summed E-state index contributed by atoms with van der Waals surface area (Å²) in [6, 6.07) is 3.28. The Kier molecular flexibility index (Phi) is 5.04. The maximum atomic E-state index is 14.7. The highest BCUT2D eigenvalue weighted by atomic mass is 19.1. The summed E-state index contributed by atoms with van der Waals surface area (Å²) in [5.41, 5.74) is 0.884. The predicted octanol–water partition coefficient (Wildman–Crippen LogP) is 3.07. The molecule has 1 aliphatic carbocycles. The van der Waals surface area contributed by atoms with Gasteiger partial charge in [0.25, 0.3) is 5.91 Å². The minimum Gasteiger partial charge on any atom is -0.361 e. The van der Waals surface area contributed by atoms with Crippen molar-refractivity contribution in [3.8, 4) is 11.4 Å². The van der Waals surface area contributed by atoms with Crippen molar-refractivity contribution in [3.05, 3.63) is 47.8 Å². The van der Waals surface area contributed by atoms with Crippen molar-refractivity contribution in [2.45, 2.75) is 43.9 Å². The third-order valence-corrected chi connectivity index (χ3v) is 6.08. The molecule has 2 atom stereocenters. The first-order chi connectivity index (χ1) is 15.3. The number of nitrogens with zero attached hydrogens (tertiary/aromatic N) is 3. The van der Waals surface area contributed by atoms with Crippen molar-refractivity contribution in [1.29, 1.82) is 0 Å².